The van der Waals surface area contributed by atoms with Gasteiger partial charge in [-0.25, -0.2) is 0 Å². The number of nitro benzene ring substituents is 1. The number of rotatable bonds is 4. The number of β-amino-alcohol motifs (C(OH)–C–C–N with tert-alkyl or cyclic N) is 1. The first-order valence-corrected chi connectivity index (χ1v) is 6.87. The number of nitro groups is 1. The number of benzene rings is 2. The summed E-state index contributed by atoms with van der Waals surface area (Å²) in [5.41, 5.74) is 1.08. The molecular weight excluding hydrogens is 284 g/mol. The van der Waals surface area contributed by atoms with E-state index in [9.17, 15) is 20.0 Å². The van der Waals surface area contributed by atoms with Gasteiger partial charge in [0.15, 0.2) is 5.78 Å². The molecule has 1 aliphatic heterocycles. The van der Waals surface area contributed by atoms with E-state index >= 15 is 0 Å². The summed E-state index contributed by atoms with van der Waals surface area (Å²) >= 11 is 0. The molecule has 2 aromatic rings. The Morgan fingerprint density at radius 2 is 1.82 bits per heavy atom. The van der Waals surface area contributed by atoms with Crippen LogP contribution in [0.5, 0.6) is 0 Å². The van der Waals surface area contributed by atoms with Gasteiger partial charge in [0.2, 0.25) is 0 Å². The number of aliphatic hydroxyl groups excluding tert-OH is 1. The molecule has 0 aromatic heterocycles. The predicted molar refractivity (Wildman–Crippen MR) is 81.2 cm³/mol. The number of anilines is 1. The van der Waals surface area contributed by atoms with Crippen LogP contribution in [0.4, 0.5) is 11.4 Å². The summed E-state index contributed by atoms with van der Waals surface area (Å²) in [5, 5.41) is 20.6. The number of carbonyl (C=O) groups is 1. The van der Waals surface area contributed by atoms with Crippen LogP contribution >= 0.6 is 0 Å². The normalized spacial score (nSPS) is 14.5. The van der Waals surface area contributed by atoms with E-state index in [2.05, 4.69) is 0 Å². The maximum Gasteiger partial charge on any atom is 0.293 e. The van der Waals surface area contributed by atoms with Crippen LogP contribution in [0.15, 0.2) is 48.5 Å². The van der Waals surface area contributed by atoms with Gasteiger partial charge in [0.05, 0.1) is 11.0 Å². The summed E-state index contributed by atoms with van der Waals surface area (Å²) < 4.78 is 0. The van der Waals surface area contributed by atoms with Crippen molar-refractivity contribution in [2.45, 2.75) is 6.10 Å². The Kier molecular flexibility index (Phi) is 3.60. The summed E-state index contributed by atoms with van der Waals surface area (Å²) in [6.45, 7) is 0.736. The third-order valence-corrected chi connectivity index (χ3v) is 3.67. The molecule has 6 heteroatoms. The predicted octanol–water partition coefficient (Wildman–Crippen LogP) is 2.01. The molecule has 1 heterocycles. The Balaban J connectivity index is 1.96. The smallest absolute Gasteiger partial charge is 0.293 e. The Hall–Kier alpha value is -2.73. The van der Waals surface area contributed by atoms with Gasteiger partial charge in [-0.15, -0.1) is 0 Å². The first-order valence-electron chi connectivity index (χ1n) is 6.87. The van der Waals surface area contributed by atoms with Gasteiger partial charge in [-0.05, 0) is 12.1 Å². The van der Waals surface area contributed by atoms with Crippen molar-refractivity contribution < 1.29 is 14.8 Å². The molecular formula is C16H14N2O4. The second-order valence-electron chi connectivity index (χ2n) is 5.21. The minimum atomic E-state index is -0.498. The van der Waals surface area contributed by atoms with Crippen molar-refractivity contribution in [2.75, 3.05) is 18.0 Å². The highest BCUT2D eigenvalue weighted by Gasteiger charge is 2.30. The zero-order chi connectivity index (χ0) is 15.7. The zero-order valence-electron chi connectivity index (χ0n) is 11.7. The molecule has 3 rings (SSSR count). The zero-order valence-corrected chi connectivity index (χ0v) is 11.7. The first-order chi connectivity index (χ1) is 10.6. The molecule has 0 atom stereocenters. The third-order valence-electron chi connectivity index (χ3n) is 3.67. The lowest BCUT2D eigenvalue weighted by Gasteiger charge is -2.37. The molecule has 0 spiro atoms. The second kappa shape index (κ2) is 5.57. The molecule has 0 bridgehead atoms. The van der Waals surface area contributed by atoms with Crippen LogP contribution in [-0.2, 0) is 0 Å². The molecule has 6 nitrogen and oxygen atoms in total. The summed E-state index contributed by atoms with van der Waals surface area (Å²) in [5.74, 6) is -0.251. The van der Waals surface area contributed by atoms with Gasteiger partial charge in [-0.1, -0.05) is 30.3 Å². The molecule has 22 heavy (non-hydrogen) atoms. The van der Waals surface area contributed by atoms with Crippen LogP contribution in [0.25, 0.3) is 0 Å². The Labute approximate surface area is 126 Å². The van der Waals surface area contributed by atoms with Crippen LogP contribution in [0.3, 0.4) is 0 Å². The maximum absolute atomic E-state index is 12.4. The van der Waals surface area contributed by atoms with Crippen molar-refractivity contribution in [1.82, 2.24) is 0 Å². The monoisotopic (exact) mass is 298 g/mol. The summed E-state index contributed by atoms with van der Waals surface area (Å²) in [7, 11) is 0. The maximum atomic E-state index is 12.4. The summed E-state index contributed by atoms with van der Waals surface area (Å²) in [6.07, 6.45) is -0.453. The molecule has 0 aliphatic carbocycles. The SMILES string of the molecule is O=C(c1ccccc1)c1ccc(N2CC(O)C2)c([N+](=O)[O-])c1. The molecule has 2 aromatic carbocycles. The number of hydrogen-bond acceptors (Lipinski definition) is 5. The summed E-state index contributed by atoms with van der Waals surface area (Å²) in [6, 6.07) is 13.1. The second-order valence-corrected chi connectivity index (χ2v) is 5.21. The fourth-order valence-corrected chi connectivity index (χ4v) is 2.49. The van der Waals surface area contributed by atoms with Crippen molar-refractivity contribution in [2.24, 2.45) is 0 Å². The van der Waals surface area contributed by atoms with Crippen LogP contribution in [0.1, 0.15) is 15.9 Å². The fraction of sp³-hybridized carbons (Fsp3) is 0.188. The lowest BCUT2D eigenvalue weighted by atomic mass is 10.0. The van der Waals surface area contributed by atoms with E-state index in [0.29, 0.717) is 24.3 Å². The highest BCUT2D eigenvalue weighted by atomic mass is 16.6. The van der Waals surface area contributed by atoms with Crippen molar-refractivity contribution in [3.63, 3.8) is 0 Å². The van der Waals surface area contributed by atoms with Crippen molar-refractivity contribution in [3.8, 4) is 0 Å². The van der Waals surface area contributed by atoms with Crippen LogP contribution in [0.2, 0.25) is 0 Å². The molecule has 1 N–H and O–H groups in total. The van der Waals surface area contributed by atoms with E-state index in [1.807, 2.05) is 0 Å². The quantitative estimate of drug-likeness (QED) is 0.530. The summed E-state index contributed by atoms with van der Waals surface area (Å²) in [4.78, 5) is 24.8. The van der Waals surface area contributed by atoms with Gasteiger partial charge < -0.3 is 10.0 Å². The van der Waals surface area contributed by atoms with E-state index in [-0.39, 0.29) is 17.0 Å². The van der Waals surface area contributed by atoms with Gasteiger partial charge in [-0.3, -0.25) is 14.9 Å². The molecule has 1 aliphatic rings. The average Bonchev–Trinajstić information content (AvgIpc) is 2.51. The third kappa shape index (κ3) is 2.56. The Morgan fingerprint density at radius 3 is 2.41 bits per heavy atom. The van der Waals surface area contributed by atoms with E-state index in [1.165, 1.54) is 6.07 Å². The van der Waals surface area contributed by atoms with Gasteiger partial charge in [-0.2, -0.15) is 0 Å². The molecule has 0 radical (unpaired) electrons. The molecule has 112 valence electrons. The molecule has 0 amide bonds. The van der Waals surface area contributed by atoms with Crippen LogP contribution < -0.4 is 4.90 Å². The minimum Gasteiger partial charge on any atom is -0.389 e. The number of hydrogen-bond donors (Lipinski definition) is 1. The van der Waals surface area contributed by atoms with Crippen molar-refractivity contribution in [3.05, 3.63) is 69.8 Å². The molecule has 0 unspecified atom stereocenters. The lowest BCUT2D eigenvalue weighted by molar-refractivity contribution is -0.384. The molecule has 1 fully saturated rings. The van der Waals surface area contributed by atoms with Gasteiger partial charge in [0.1, 0.15) is 5.69 Å². The van der Waals surface area contributed by atoms with E-state index in [4.69, 9.17) is 0 Å². The van der Waals surface area contributed by atoms with E-state index in [1.54, 1.807) is 47.4 Å². The van der Waals surface area contributed by atoms with E-state index in [0.717, 1.165) is 0 Å². The number of ketones is 1. The van der Waals surface area contributed by atoms with Crippen LogP contribution in [-0.4, -0.2) is 35.0 Å². The highest BCUT2D eigenvalue weighted by molar-refractivity contribution is 6.09. The number of nitrogens with zero attached hydrogens (tertiary/aromatic N) is 2. The van der Waals surface area contributed by atoms with Crippen molar-refractivity contribution >= 4 is 17.2 Å². The van der Waals surface area contributed by atoms with Gasteiger partial charge in [0.25, 0.3) is 5.69 Å². The fourth-order valence-electron chi connectivity index (χ4n) is 2.49. The first kappa shape index (κ1) is 14.2. The number of aliphatic hydroxyl groups is 1. The van der Waals surface area contributed by atoms with Crippen molar-refractivity contribution in [1.29, 1.82) is 0 Å². The average molecular weight is 298 g/mol. The van der Waals surface area contributed by atoms with Crippen LogP contribution in [0, 0.1) is 10.1 Å². The Bertz CT molecular complexity index is 724. The minimum absolute atomic E-state index is 0.117. The standard InChI is InChI=1S/C16H14N2O4/c19-13-9-17(10-13)14-7-6-12(8-15(14)18(21)22)16(20)11-4-2-1-3-5-11/h1-8,13,19H,9-10H2. The number of carbonyl (C=O) groups excluding carboxylic acids is 1. The Morgan fingerprint density at radius 1 is 1.14 bits per heavy atom. The largest absolute Gasteiger partial charge is 0.389 e. The topological polar surface area (TPSA) is 83.7 Å². The van der Waals surface area contributed by atoms with E-state index < -0.39 is 11.0 Å². The molecule has 1 saturated heterocycles. The highest BCUT2D eigenvalue weighted by Crippen LogP contribution is 2.32. The molecule has 0 saturated carbocycles. The van der Waals surface area contributed by atoms with Gasteiger partial charge in [0, 0.05) is 30.3 Å². The lowest BCUT2D eigenvalue weighted by Crippen LogP contribution is -2.51. The van der Waals surface area contributed by atoms with Gasteiger partial charge >= 0.3 is 0 Å².